The van der Waals surface area contributed by atoms with Crippen molar-refractivity contribution in [2.45, 2.75) is 111 Å². The lowest BCUT2D eigenvalue weighted by atomic mass is 9.71. The van der Waals surface area contributed by atoms with Crippen LogP contribution in [0.3, 0.4) is 0 Å². The molecule has 0 bridgehead atoms. The van der Waals surface area contributed by atoms with Crippen LogP contribution in [0.25, 0.3) is 0 Å². The van der Waals surface area contributed by atoms with Gasteiger partial charge in [-0.25, -0.2) is 9.78 Å². The van der Waals surface area contributed by atoms with Crippen LogP contribution in [-0.4, -0.2) is 22.8 Å². The molecule has 0 unspecified atom stereocenters. The van der Waals surface area contributed by atoms with Crippen molar-refractivity contribution >= 4 is 5.97 Å². The Morgan fingerprint density at radius 1 is 1.32 bits per heavy atom. The van der Waals surface area contributed by atoms with Gasteiger partial charge in [0.2, 0.25) is 0 Å². The molecule has 0 aromatic rings. The van der Waals surface area contributed by atoms with Crippen LogP contribution in [0, 0.1) is 11.3 Å². The number of carboxylic acids is 1. The van der Waals surface area contributed by atoms with Crippen LogP contribution < -0.4 is 0 Å². The van der Waals surface area contributed by atoms with E-state index in [1.807, 2.05) is 0 Å². The molecule has 1 heterocycles. The summed E-state index contributed by atoms with van der Waals surface area (Å²) in [4.78, 5) is 22.2. The Morgan fingerprint density at radius 3 is 2.61 bits per heavy atom. The molecule has 28 heavy (non-hydrogen) atoms. The first-order chi connectivity index (χ1) is 13.0. The molecule has 2 aliphatic rings. The Kier molecular flexibility index (Phi) is 7.92. The van der Waals surface area contributed by atoms with Gasteiger partial charge in [0.05, 0.1) is 5.92 Å². The summed E-state index contributed by atoms with van der Waals surface area (Å²) in [5, 5.41) is 9.11. The quantitative estimate of drug-likeness (QED) is 0.373. The van der Waals surface area contributed by atoms with Crippen LogP contribution in [0.5, 0.6) is 0 Å². The van der Waals surface area contributed by atoms with Gasteiger partial charge in [0.1, 0.15) is 11.7 Å². The van der Waals surface area contributed by atoms with Crippen molar-refractivity contribution in [1.29, 1.82) is 0 Å². The van der Waals surface area contributed by atoms with E-state index < -0.39 is 11.9 Å². The minimum atomic E-state index is -0.831. The van der Waals surface area contributed by atoms with Gasteiger partial charge in [0.25, 0.3) is 0 Å². The average molecular weight is 393 g/mol. The number of allylic oxidation sites excluding steroid dienone is 4. The zero-order chi connectivity index (χ0) is 20.9. The summed E-state index contributed by atoms with van der Waals surface area (Å²) < 4.78 is 0. The molecule has 2 rings (SSSR count). The predicted octanol–water partition coefficient (Wildman–Crippen LogP) is 6.61. The first-order valence-electron chi connectivity index (χ1n) is 11.0. The van der Waals surface area contributed by atoms with Crippen LogP contribution in [-0.2, 0) is 14.6 Å². The standard InChI is InChI=1S/C24H40O4/c1-17(11-12-20-18(2)10-8-14-23(20,4)5)9-7-15-24(6)16-13-21(27-28-24)19(3)22(25)26/h9,19,21H,7-8,10-16H2,1-6H3,(H,25,26)/b17-9+/t19-,21-,24-/m1/s1. The first kappa shape index (κ1) is 23.2. The van der Waals surface area contributed by atoms with Gasteiger partial charge in [0.15, 0.2) is 0 Å². The summed E-state index contributed by atoms with van der Waals surface area (Å²) in [7, 11) is 0. The Balaban J connectivity index is 1.79. The van der Waals surface area contributed by atoms with Crippen LogP contribution in [0.15, 0.2) is 22.8 Å². The van der Waals surface area contributed by atoms with E-state index in [-0.39, 0.29) is 11.7 Å². The average Bonchev–Trinajstić information content (AvgIpc) is 2.60. The molecule has 160 valence electrons. The van der Waals surface area contributed by atoms with Gasteiger partial charge in [-0.2, -0.15) is 0 Å². The molecule has 3 atom stereocenters. The molecule has 0 saturated carbocycles. The largest absolute Gasteiger partial charge is 0.481 e. The molecule has 1 saturated heterocycles. The van der Waals surface area contributed by atoms with Crippen molar-refractivity contribution < 1.29 is 19.7 Å². The number of hydrogen-bond acceptors (Lipinski definition) is 3. The molecule has 0 radical (unpaired) electrons. The molecule has 1 fully saturated rings. The number of aliphatic carboxylic acids is 1. The fourth-order valence-electron chi connectivity index (χ4n) is 4.65. The summed E-state index contributed by atoms with van der Waals surface area (Å²) >= 11 is 0. The zero-order valence-electron chi connectivity index (χ0n) is 18.8. The predicted molar refractivity (Wildman–Crippen MR) is 113 cm³/mol. The summed E-state index contributed by atoms with van der Waals surface area (Å²) in [5.41, 5.74) is 4.75. The second kappa shape index (κ2) is 9.58. The van der Waals surface area contributed by atoms with E-state index in [9.17, 15) is 4.79 Å². The van der Waals surface area contributed by atoms with E-state index in [0.29, 0.717) is 5.41 Å². The van der Waals surface area contributed by atoms with Crippen molar-refractivity contribution in [2.24, 2.45) is 11.3 Å². The monoisotopic (exact) mass is 392 g/mol. The highest BCUT2D eigenvalue weighted by Crippen LogP contribution is 2.42. The maximum Gasteiger partial charge on any atom is 0.308 e. The summed E-state index contributed by atoms with van der Waals surface area (Å²) in [6.07, 6.45) is 11.6. The third-order valence-electron chi connectivity index (χ3n) is 6.90. The number of carbonyl (C=O) groups is 1. The van der Waals surface area contributed by atoms with E-state index >= 15 is 0 Å². The minimum absolute atomic E-state index is 0.323. The normalized spacial score (nSPS) is 29.6. The lowest BCUT2D eigenvalue weighted by Crippen LogP contribution is -2.41. The molecule has 1 N–H and O–H groups in total. The van der Waals surface area contributed by atoms with Gasteiger partial charge in [-0.3, -0.25) is 4.79 Å². The second-order valence-corrected chi connectivity index (χ2v) is 9.92. The van der Waals surface area contributed by atoms with Gasteiger partial charge >= 0.3 is 5.97 Å². The smallest absolute Gasteiger partial charge is 0.308 e. The number of rotatable bonds is 8. The van der Waals surface area contributed by atoms with Gasteiger partial charge in [0, 0.05) is 0 Å². The highest BCUT2D eigenvalue weighted by atomic mass is 17.2. The van der Waals surface area contributed by atoms with Gasteiger partial charge in [-0.15, -0.1) is 0 Å². The van der Waals surface area contributed by atoms with Crippen molar-refractivity contribution in [3.8, 4) is 0 Å². The molecular weight excluding hydrogens is 352 g/mol. The SMILES string of the molecule is CC1=C(CC/C(C)=C/CC[C@]2(C)CC[C@H]([C@@H](C)C(=O)O)OO2)C(C)(C)CCC1. The Morgan fingerprint density at radius 2 is 2.04 bits per heavy atom. The molecule has 0 spiro atoms. The fourth-order valence-corrected chi connectivity index (χ4v) is 4.65. The summed E-state index contributed by atoms with van der Waals surface area (Å²) in [5.74, 6) is -1.37. The Hall–Kier alpha value is -1.13. The maximum atomic E-state index is 11.1. The van der Waals surface area contributed by atoms with Crippen molar-refractivity contribution in [1.82, 2.24) is 0 Å². The lowest BCUT2D eigenvalue weighted by Gasteiger charge is -2.37. The molecule has 4 heteroatoms. The van der Waals surface area contributed by atoms with Gasteiger partial charge in [-0.1, -0.05) is 36.6 Å². The third kappa shape index (κ3) is 6.18. The number of hydrogen-bond donors (Lipinski definition) is 1. The number of carboxylic acid groups (broad SMARTS) is 1. The van der Waals surface area contributed by atoms with Gasteiger partial charge < -0.3 is 5.11 Å². The van der Waals surface area contributed by atoms with Crippen LogP contribution in [0.1, 0.15) is 99.3 Å². The van der Waals surface area contributed by atoms with Crippen molar-refractivity contribution in [3.63, 3.8) is 0 Å². The Labute approximate surface area is 171 Å². The topological polar surface area (TPSA) is 55.8 Å². The highest BCUT2D eigenvalue weighted by Gasteiger charge is 2.37. The maximum absolute atomic E-state index is 11.1. The van der Waals surface area contributed by atoms with E-state index in [1.54, 1.807) is 18.1 Å². The molecule has 4 nitrogen and oxygen atoms in total. The minimum Gasteiger partial charge on any atom is -0.481 e. The summed E-state index contributed by atoms with van der Waals surface area (Å²) in [6, 6.07) is 0. The molecular formula is C24H40O4. The van der Waals surface area contributed by atoms with E-state index in [1.165, 1.54) is 31.3 Å². The lowest BCUT2D eigenvalue weighted by molar-refractivity contribution is -0.411. The van der Waals surface area contributed by atoms with Crippen molar-refractivity contribution in [3.05, 3.63) is 22.8 Å². The first-order valence-corrected chi connectivity index (χ1v) is 11.0. The van der Waals surface area contributed by atoms with Gasteiger partial charge in [-0.05, 0) is 90.9 Å². The fraction of sp³-hybridized carbons (Fsp3) is 0.792. The highest BCUT2D eigenvalue weighted by molar-refractivity contribution is 5.70. The van der Waals surface area contributed by atoms with Crippen molar-refractivity contribution in [2.75, 3.05) is 0 Å². The molecule has 1 aliphatic carbocycles. The zero-order valence-corrected chi connectivity index (χ0v) is 18.8. The molecule has 0 aromatic heterocycles. The molecule has 0 aromatic carbocycles. The Bertz CT molecular complexity index is 606. The third-order valence-corrected chi connectivity index (χ3v) is 6.90. The summed E-state index contributed by atoms with van der Waals surface area (Å²) in [6.45, 7) is 13.1. The van der Waals surface area contributed by atoms with Crippen LogP contribution >= 0.6 is 0 Å². The molecule has 1 aliphatic heterocycles. The van der Waals surface area contributed by atoms with E-state index in [4.69, 9.17) is 14.9 Å². The van der Waals surface area contributed by atoms with E-state index in [0.717, 1.165) is 32.1 Å². The molecule has 0 amide bonds. The van der Waals surface area contributed by atoms with Crippen LogP contribution in [0.4, 0.5) is 0 Å². The second-order valence-electron chi connectivity index (χ2n) is 9.92. The van der Waals surface area contributed by atoms with Crippen LogP contribution in [0.2, 0.25) is 0 Å². The van der Waals surface area contributed by atoms with E-state index in [2.05, 4.69) is 40.7 Å².